The van der Waals surface area contributed by atoms with Gasteiger partial charge >= 0.3 is 0 Å². The standard InChI is InChI=1S/C15H20BrClN2O/c1-2-13(10-6-4-3-5-7-10)19-15(20)12-8-11(16)9-18-14(12)17/h8-10,13H,2-7H2,1H3,(H,19,20). The fourth-order valence-electron chi connectivity index (χ4n) is 2.92. The fourth-order valence-corrected chi connectivity index (χ4v) is 3.44. The highest BCUT2D eigenvalue weighted by Gasteiger charge is 2.24. The first-order valence-electron chi connectivity index (χ1n) is 7.23. The average molecular weight is 360 g/mol. The Morgan fingerprint density at radius 2 is 2.20 bits per heavy atom. The van der Waals surface area contributed by atoms with E-state index in [0.29, 0.717) is 11.5 Å². The maximum Gasteiger partial charge on any atom is 0.254 e. The molecular weight excluding hydrogens is 340 g/mol. The van der Waals surface area contributed by atoms with Gasteiger partial charge in [0.2, 0.25) is 0 Å². The van der Waals surface area contributed by atoms with Crippen molar-refractivity contribution in [2.45, 2.75) is 51.5 Å². The Bertz CT molecular complexity index is 475. The first kappa shape index (κ1) is 15.8. The highest BCUT2D eigenvalue weighted by Crippen LogP contribution is 2.28. The molecule has 0 radical (unpaired) electrons. The van der Waals surface area contributed by atoms with Crippen LogP contribution in [-0.2, 0) is 0 Å². The number of carbonyl (C=O) groups is 1. The van der Waals surface area contributed by atoms with Gasteiger partial charge in [-0.3, -0.25) is 4.79 Å². The van der Waals surface area contributed by atoms with E-state index in [-0.39, 0.29) is 17.1 Å². The zero-order chi connectivity index (χ0) is 14.5. The van der Waals surface area contributed by atoms with Gasteiger partial charge in [0.25, 0.3) is 5.91 Å². The van der Waals surface area contributed by atoms with E-state index >= 15 is 0 Å². The van der Waals surface area contributed by atoms with Crippen molar-refractivity contribution in [1.29, 1.82) is 0 Å². The number of hydrogen-bond acceptors (Lipinski definition) is 2. The second-order valence-electron chi connectivity index (χ2n) is 5.38. The maximum atomic E-state index is 12.4. The average Bonchev–Trinajstić information content (AvgIpc) is 2.48. The molecule has 1 amide bonds. The number of nitrogens with one attached hydrogen (secondary N) is 1. The number of rotatable bonds is 4. The van der Waals surface area contributed by atoms with Gasteiger partial charge in [-0.05, 0) is 47.2 Å². The molecule has 0 saturated heterocycles. The second kappa shape index (κ2) is 7.41. The summed E-state index contributed by atoms with van der Waals surface area (Å²) in [4.78, 5) is 16.4. The minimum absolute atomic E-state index is 0.124. The van der Waals surface area contributed by atoms with Crippen molar-refractivity contribution >= 4 is 33.4 Å². The van der Waals surface area contributed by atoms with Crippen LogP contribution in [0.1, 0.15) is 55.8 Å². The normalized spacial score (nSPS) is 17.8. The number of aromatic nitrogens is 1. The zero-order valence-corrected chi connectivity index (χ0v) is 14.0. The first-order chi connectivity index (χ1) is 9.61. The van der Waals surface area contributed by atoms with Crippen LogP contribution in [-0.4, -0.2) is 16.9 Å². The van der Waals surface area contributed by atoms with Crippen LogP contribution in [0.4, 0.5) is 0 Å². The molecular formula is C15H20BrClN2O. The SMILES string of the molecule is CCC(NC(=O)c1cc(Br)cnc1Cl)C1CCCCC1. The van der Waals surface area contributed by atoms with Crippen molar-refractivity contribution in [2.24, 2.45) is 5.92 Å². The van der Waals surface area contributed by atoms with Crippen LogP contribution < -0.4 is 5.32 Å². The minimum atomic E-state index is -0.124. The molecule has 1 aromatic rings. The molecule has 1 N–H and O–H groups in total. The smallest absolute Gasteiger partial charge is 0.254 e. The molecule has 0 aliphatic heterocycles. The van der Waals surface area contributed by atoms with Crippen LogP contribution in [0.15, 0.2) is 16.7 Å². The third-order valence-electron chi connectivity index (χ3n) is 4.03. The largest absolute Gasteiger partial charge is 0.349 e. The number of hydrogen-bond donors (Lipinski definition) is 1. The van der Waals surface area contributed by atoms with E-state index in [0.717, 1.165) is 10.9 Å². The summed E-state index contributed by atoms with van der Waals surface area (Å²) in [6, 6.07) is 1.95. The van der Waals surface area contributed by atoms with E-state index in [9.17, 15) is 4.79 Å². The molecule has 1 aliphatic carbocycles. The molecule has 1 heterocycles. The monoisotopic (exact) mass is 358 g/mol. The van der Waals surface area contributed by atoms with E-state index in [4.69, 9.17) is 11.6 Å². The van der Waals surface area contributed by atoms with E-state index in [1.165, 1.54) is 32.1 Å². The number of pyridine rings is 1. The Morgan fingerprint density at radius 1 is 1.50 bits per heavy atom. The van der Waals surface area contributed by atoms with Gasteiger partial charge in [-0.1, -0.05) is 37.8 Å². The quantitative estimate of drug-likeness (QED) is 0.799. The van der Waals surface area contributed by atoms with Crippen molar-refractivity contribution in [3.63, 3.8) is 0 Å². The van der Waals surface area contributed by atoms with Gasteiger partial charge in [0, 0.05) is 16.7 Å². The highest BCUT2D eigenvalue weighted by atomic mass is 79.9. The summed E-state index contributed by atoms with van der Waals surface area (Å²) in [5.74, 6) is 0.470. The molecule has 1 saturated carbocycles. The van der Waals surface area contributed by atoms with Crippen molar-refractivity contribution < 1.29 is 4.79 Å². The molecule has 1 aromatic heterocycles. The Kier molecular flexibility index (Phi) is 5.85. The molecule has 110 valence electrons. The molecule has 1 fully saturated rings. The topological polar surface area (TPSA) is 42.0 Å². The molecule has 2 rings (SSSR count). The van der Waals surface area contributed by atoms with Gasteiger partial charge < -0.3 is 5.32 Å². The van der Waals surface area contributed by atoms with E-state index < -0.39 is 0 Å². The zero-order valence-electron chi connectivity index (χ0n) is 11.7. The van der Waals surface area contributed by atoms with Crippen LogP contribution in [0, 0.1) is 5.92 Å². The summed E-state index contributed by atoms with van der Waals surface area (Å²) in [5.41, 5.74) is 0.440. The van der Waals surface area contributed by atoms with Crippen LogP contribution in [0.5, 0.6) is 0 Å². The lowest BCUT2D eigenvalue weighted by atomic mass is 9.83. The summed E-state index contributed by atoms with van der Waals surface area (Å²) in [7, 11) is 0. The molecule has 5 heteroatoms. The van der Waals surface area contributed by atoms with E-state index in [1.54, 1.807) is 12.3 Å². The minimum Gasteiger partial charge on any atom is -0.349 e. The summed E-state index contributed by atoms with van der Waals surface area (Å²) < 4.78 is 0.762. The molecule has 0 spiro atoms. The molecule has 0 aromatic carbocycles. The van der Waals surface area contributed by atoms with Gasteiger partial charge in [-0.25, -0.2) is 4.98 Å². The summed E-state index contributed by atoms with van der Waals surface area (Å²) >= 11 is 9.33. The summed E-state index contributed by atoms with van der Waals surface area (Å²) in [5, 5.41) is 3.39. The maximum absolute atomic E-state index is 12.4. The third-order valence-corrected chi connectivity index (χ3v) is 4.76. The lowest BCUT2D eigenvalue weighted by Crippen LogP contribution is -2.40. The number of amides is 1. The van der Waals surface area contributed by atoms with Gasteiger partial charge in [-0.2, -0.15) is 0 Å². The predicted octanol–water partition coefficient (Wildman–Crippen LogP) is 4.59. The predicted molar refractivity (Wildman–Crippen MR) is 85.1 cm³/mol. The van der Waals surface area contributed by atoms with Crippen LogP contribution >= 0.6 is 27.5 Å². The summed E-state index contributed by atoms with van der Waals surface area (Å²) in [6.45, 7) is 2.13. The van der Waals surface area contributed by atoms with Gasteiger partial charge in [-0.15, -0.1) is 0 Å². The van der Waals surface area contributed by atoms with Crippen molar-refractivity contribution in [2.75, 3.05) is 0 Å². The van der Waals surface area contributed by atoms with Crippen LogP contribution in [0.2, 0.25) is 5.15 Å². The lowest BCUT2D eigenvalue weighted by Gasteiger charge is -2.30. The first-order valence-corrected chi connectivity index (χ1v) is 8.40. The van der Waals surface area contributed by atoms with Gasteiger partial charge in [0.05, 0.1) is 5.56 Å². The second-order valence-corrected chi connectivity index (χ2v) is 6.65. The Hall–Kier alpha value is -0.610. The molecule has 0 bridgehead atoms. The molecule has 1 aliphatic rings. The Labute approximate surface area is 133 Å². The molecule has 20 heavy (non-hydrogen) atoms. The molecule has 1 atom stereocenters. The van der Waals surface area contributed by atoms with Crippen LogP contribution in [0.25, 0.3) is 0 Å². The van der Waals surface area contributed by atoms with E-state index in [1.807, 2.05) is 0 Å². The highest BCUT2D eigenvalue weighted by molar-refractivity contribution is 9.10. The number of nitrogens with zero attached hydrogens (tertiary/aromatic N) is 1. The Morgan fingerprint density at radius 3 is 2.85 bits per heavy atom. The third kappa shape index (κ3) is 3.95. The molecule has 1 unspecified atom stereocenters. The number of carbonyl (C=O) groups excluding carboxylic acids is 1. The van der Waals surface area contributed by atoms with Gasteiger partial charge in [0.15, 0.2) is 0 Å². The van der Waals surface area contributed by atoms with E-state index in [2.05, 4.69) is 33.2 Å². The lowest BCUT2D eigenvalue weighted by molar-refractivity contribution is 0.0911. The Balaban J connectivity index is 2.06. The summed E-state index contributed by atoms with van der Waals surface area (Å²) in [6.07, 6.45) is 8.84. The fraction of sp³-hybridized carbons (Fsp3) is 0.600. The van der Waals surface area contributed by atoms with Gasteiger partial charge in [0.1, 0.15) is 5.15 Å². The van der Waals surface area contributed by atoms with Crippen molar-refractivity contribution in [3.05, 3.63) is 27.5 Å². The van der Waals surface area contributed by atoms with Crippen molar-refractivity contribution in [1.82, 2.24) is 10.3 Å². The number of halogens is 2. The van der Waals surface area contributed by atoms with Crippen LogP contribution in [0.3, 0.4) is 0 Å². The molecule has 3 nitrogen and oxygen atoms in total. The van der Waals surface area contributed by atoms with Crippen molar-refractivity contribution in [3.8, 4) is 0 Å².